The van der Waals surface area contributed by atoms with Gasteiger partial charge < -0.3 is 8.85 Å². The van der Waals surface area contributed by atoms with Crippen molar-refractivity contribution < 1.29 is 8.85 Å². The van der Waals surface area contributed by atoms with Gasteiger partial charge in [0.2, 0.25) is 8.32 Å². The van der Waals surface area contributed by atoms with Crippen LogP contribution in [-0.4, -0.2) is 38.0 Å². The molecule has 2 nitrogen and oxygen atoms in total. The minimum absolute atomic E-state index is 0.184. The lowest BCUT2D eigenvalue weighted by atomic mass is 10.4. The Balaban J connectivity index is 6.54. The Bertz CT molecular complexity index is 500. The van der Waals surface area contributed by atoms with E-state index in [2.05, 4.69) is 98.5 Å². The molecule has 0 aromatic carbocycles. The molecule has 0 aliphatic carbocycles. The average molecular weight is 497 g/mol. The Kier molecular flexibility index (Phi) is 11.7. The van der Waals surface area contributed by atoms with Crippen molar-refractivity contribution in [2.75, 3.05) is 0 Å². The van der Waals surface area contributed by atoms with E-state index in [1.165, 1.54) is 18.3 Å². The van der Waals surface area contributed by atoms with Crippen molar-refractivity contribution >= 4 is 46.4 Å². The number of hydrogen-bond acceptors (Lipinski definition) is 2. The summed E-state index contributed by atoms with van der Waals surface area (Å²) in [7, 11) is -6.51. The molecule has 0 bridgehead atoms. The predicted molar refractivity (Wildman–Crippen MR) is 146 cm³/mol. The fourth-order valence-corrected chi connectivity index (χ4v) is 53.5. The molecule has 168 valence electrons. The first-order chi connectivity index (χ1) is 12.3. The summed E-state index contributed by atoms with van der Waals surface area (Å²) in [6, 6.07) is 0. The van der Waals surface area contributed by atoms with Crippen LogP contribution in [0.5, 0.6) is 0 Å². The van der Waals surface area contributed by atoms with Crippen LogP contribution < -0.4 is 0 Å². The third-order valence-electron chi connectivity index (χ3n) is 3.83. The highest BCUT2D eigenvalue weighted by atomic mass is 32.3. The molecule has 28 heavy (non-hydrogen) atoms. The molecule has 0 aliphatic rings. The van der Waals surface area contributed by atoms with Crippen LogP contribution in [0.4, 0.5) is 0 Å². The van der Waals surface area contributed by atoms with Crippen LogP contribution >= 0.6 is 14.3 Å². The van der Waals surface area contributed by atoms with Crippen LogP contribution in [0.15, 0.2) is 11.6 Å². The molecule has 0 rings (SSSR count). The van der Waals surface area contributed by atoms with Crippen LogP contribution in [0.2, 0.25) is 78.6 Å². The van der Waals surface area contributed by atoms with Gasteiger partial charge in [0.15, 0.2) is 8.32 Å². The van der Waals surface area contributed by atoms with E-state index in [1.54, 1.807) is 0 Å². The van der Waals surface area contributed by atoms with Crippen molar-refractivity contribution in [2.45, 2.75) is 118 Å². The van der Waals surface area contributed by atoms with Gasteiger partial charge in [-0.05, 0) is 65.4 Å². The fraction of sp³-hybridized carbons (Fsp3) is 0.900. The maximum Gasteiger partial charge on any atom is 0.242 e. The van der Waals surface area contributed by atoms with Crippen LogP contribution in [0.25, 0.3) is 0 Å². The lowest BCUT2D eigenvalue weighted by molar-refractivity contribution is 0.266. The zero-order valence-corrected chi connectivity index (χ0v) is 27.3. The molecule has 3 unspecified atom stereocenters. The highest BCUT2D eigenvalue weighted by Crippen LogP contribution is 2.83. The summed E-state index contributed by atoms with van der Waals surface area (Å²) < 4.78 is 13.8. The average Bonchev–Trinajstić information content (AvgIpc) is 2.38. The number of allylic oxidation sites excluding steroid dienone is 1. The maximum atomic E-state index is 6.97. The van der Waals surface area contributed by atoms with Crippen LogP contribution in [-0.2, 0) is 8.85 Å². The highest BCUT2D eigenvalue weighted by molar-refractivity contribution is 8.56. The number of hydrogen-bond donors (Lipinski definition) is 0. The Morgan fingerprint density at radius 1 is 0.786 bits per heavy atom. The largest absolute Gasteiger partial charge is 0.544 e. The topological polar surface area (TPSA) is 18.5 Å². The lowest BCUT2D eigenvalue weighted by Crippen LogP contribution is -2.37. The Morgan fingerprint density at radius 2 is 1.29 bits per heavy atom. The zero-order valence-electron chi connectivity index (χ0n) is 21.5. The summed E-state index contributed by atoms with van der Waals surface area (Å²) in [6.07, 6.45) is 5.96. The first-order valence-electron chi connectivity index (χ1n) is 11.0. The van der Waals surface area contributed by atoms with Gasteiger partial charge in [-0.3, -0.25) is 0 Å². The van der Waals surface area contributed by atoms with E-state index in [0.29, 0.717) is 5.85 Å². The van der Waals surface area contributed by atoms with Gasteiger partial charge in [-0.1, -0.05) is 66.7 Å². The second kappa shape index (κ2) is 11.2. The van der Waals surface area contributed by atoms with Gasteiger partial charge in [0.05, 0.1) is 26.8 Å². The molecule has 0 radical (unpaired) electrons. The standard InChI is InChI=1S/C20H50O2P2Si4/c1-15-17-19(21-25(3,4)5)23(27(9,10)11)24(28(12,13)14)20(18-16-2)22-26(6,7)8/h17,20H,15-16,18H2,1-14H3/b19-17+. The van der Waals surface area contributed by atoms with Crippen molar-refractivity contribution in [3.8, 4) is 0 Å². The molecule has 0 saturated carbocycles. The molecular weight excluding hydrogens is 447 g/mol. The van der Waals surface area contributed by atoms with Crippen molar-refractivity contribution in [2.24, 2.45) is 0 Å². The van der Waals surface area contributed by atoms with Crippen LogP contribution in [0.1, 0.15) is 33.1 Å². The molecule has 3 atom stereocenters. The van der Waals surface area contributed by atoms with Gasteiger partial charge in [-0.15, -0.1) is 0 Å². The first-order valence-corrected chi connectivity index (χ1v) is 30.0. The molecule has 0 amide bonds. The van der Waals surface area contributed by atoms with Crippen molar-refractivity contribution in [1.29, 1.82) is 0 Å². The summed E-state index contributed by atoms with van der Waals surface area (Å²) in [4.78, 5) is 0. The van der Waals surface area contributed by atoms with Gasteiger partial charge in [0.1, 0.15) is 0 Å². The van der Waals surface area contributed by atoms with E-state index in [9.17, 15) is 0 Å². The van der Waals surface area contributed by atoms with Gasteiger partial charge in [0, 0.05) is 0 Å². The lowest BCUT2D eigenvalue weighted by Gasteiger charge is -2.49. The molecular formula is C20H50O2P2Si4. The smallest absolute Gasteiger partial charge is 0.242 e. The molecule has 0 fully saturated rings. The summed E-state index contributed by atoms with van der Waals surface area (Å²) in [5.74, 6) is 0.460. The van der Waals surface area contributed by atoms with E-state index >= 15 is 0 Å². The highest BCUT2D eigenvalue weighted by Gasteiger charge is 2.48. The Hall–Kier alpha value is 1.23. The first kappa shape index (κ1) is 29.2. The normalized spacial score (nSPS) is 18.0. The SMILES string of the molecule is CC/C=C(\O[Si](C)(C)C)P(P(C(CCC)O[Si](C)(C)C)[Si](C)(C)C)[Si](C)(C)C. The fourth-order valence-electron chi connectivity index (χ4n) is 3.17. The second-order valence-corrected chi connectivity index (χ2v) is 47.1. The minimum Gasteiger partial charge on any atom is -0.544 e. The maximum absolute atomic E-state index is 6.97. The van der Waals surface area contributed by atoms with Gasteiger partial charge in [-0.2, -0.15) is 0 Å². The summed E-state index contributed by atoms with van der Waals surface area (Å²) in [5, 5.41) is 0. The van der Waals surface area contributed by atoms with Gasteiger partial charge in [0.25, 0.3) is 0 Å². The van der Waals surface area contributed by atoms with E-state index < -0.39 is 32.1 Å². The summed E-state index contributed by atoms with van der Waals surface area (Å²) >= 11 is 0. The minimum atomic E-state index is -1.64. The summed E-state index contributed by atoms with van der Waals surface area (Å²) in [5.41, 5.74) is 1.41. The molecule has 0 heterocycles. The van der Waals surface area contributed by atoms with E-state index in [1.807, 2.05) is 0 Å². The molecule has 0 aliphatic heterocycles. The van der Waals surface area contributed by atoms with E-state index in [4.69, 9.17) is 8.85 Å². The predicted octanol–water partition coefficient (Wildman–Crippen LogP) is 9.62. The third kappa shape index (κ3) is 11.0. The Labute approximate surface area is 184 Å². The van der Waals surface area contributed by atoms with Gasteiger partial charge >= 0.3 is 0 Å². The van der Waals surface area contributed by atoms with E-state index in [-0.39, 0.29) is 14.3 Å². The van der Waals surface area contributed by atoms with E-state index in [0.717, 1.165) is 6.42 Å². The second-order valence-electron chi connectivity index (χ2n) is 11.6. The quantitative estimate of drug-likeness (QED) is 0.152. The molecule has 0 saturated heterocycles. The van der Waals surface area contributed by atoms with Gasteiger partial charge in [-0.25, -0.2) is 0 Å². The molecule has 0 N–H and O–H groups in total. The monoisotopic (exact) mass is 496 g/mol. The molecule has 0 spiro atoms. The van der Waals surface area contributed by atoms with Crippen molar-refractivity contribution in [3.05, 3.63) is 11.6 Å². The van der Waals surface area contributed by atoms with Crippen LogP contribution in [0, 0.1) is 0 Å². The zero-order chi connectivity index (χ0) is 22.6. The molecule has 8 heteroatoms. The third-order valence-corrected chi connectivity index (χ3v) is 39.2. The van der Waals surface area contributed by atoms with Crippen molar-refractivity contribution in [1.82, 2.24) is 0 Å². The Morgan fingerprint density at radius 3 is 1.57 bits per heavy atom. The summed E-state index contributed by atoms with van der Waals surface area (Å²) in [6.45, 7) is 34.3. The number of rotatable bonds is 12. The molecule has 0 aromatic heterocycles. The molecule has 0 aromatic rings. The van der Waals surface area contributed by atoms with Crippen LogP contribution in [0.3, 0.4) is 0 Å². The van der Waals surface area contributed by atoms with Crippen molar-refractivity contribution in [3.63, 3.8) is 0 Å².